The first-order valence-corrected chi connectivity index (χ1v) is 13.2. The van der Waals surface area contributed by atoms with Gasteiger partial charge >= 0.3 is 5.97 Å². The number of ether oxygens (including phenoxy) is 3. The van der Waals surface area contributed by atoms with Crippen molar-refractivity contribution >= 4 is 29.1 Å². The van der Waals surface area contributed by atoms with Crippen molar-refractivity contribution < 1.29 is 28.6 Å². The number of methoxy groups -OCH3 is 1. The fourth-order valence-corrected chi connectivity index (χ4v) is 4.87. The molecule has 13 heteroatoms. The van der Waals surface area contributed by atoms with E-state index < -0.39 is 30.4 Å². The minimum absolute atomic E-state index is 0.0760. The molecule has 0 aliphatic carbocycles. The highest BCUT2D eigenvalue weighted by atomic mass is 32.1. The number of nitrogens with one attached hydrogen (secondary N) is 1. The molecule has 38 heavy (non-hydrogen) atoms. The SMILES string of the molecule is CCOC(=O)CN(C(=O)Cn1nnc(-c2ccc(OC)cc2)n1)[C@H](C(=O)NC[C@H]1CCCO1)c1cccs1. The minimum atomic E-state index is -1.04. The van der Waals surface area contributed by atoms with Crippen molar-refractivity contribution in [2.75, 3.05) is 33.4 Å². The number of nitrogens with zero attached hydrogens (tertiary/aromatic N) is 5. The second kappa shape index (κ2) is 13.1. The van der Waals surface area contributed by atoms with Gasteiger partial charge in [-0.05, 0) is 60.7 Å². The first kappa shape index (κ1) is 27.2. The van der Waals surface area contributed by atoms with Gasteiger partial charge in [-0.2, -0.15) is 4.80 Å². The summed E-state index contributed by atoms with van der Waals surface area (Å²) in [5.74, 6) is -0.571. The molecule has 1 aliphatic heterocycles. The fraction of sp³-hybridized carbons (Fsp3) is 0.440. The Morgan fingerprint density at radius 3 is 2.74 bits per heavy atom. The molecule has 202 valence electrons. The number of rotatable bonds is 12. The second-order valence-corrected chi connectivity index (χ2v) is 9.48. The van der Waals surface area contributed by atoms with Gasteiger partial charge in [0.25, 0.3) is 0 Å². The molecule has 2 amide bonds. The van der Waals surface area contributed by atoms with E-state index in [-0.39, 0.29) is 19.3 Å². The Kier molecular flexibility index (Phi) is 9.38. The quantitative estimate of drug-likeness (QED) is 0.340. The van der Waals surface area contributed by atoms with E-state index in [0.717, 1.165) is 17.6 Å². The van der Waals surface area contributed by atoms with Crippen LogP contribution >= 0.6 is 11.3 Å². The predicted octanol–water partition coefficient (Wildman–Crippen LogP) is 1.84. The van der Waals surface area contributed by atoms with Crippen molar-refractivity contribution in [1.29, 1.82) is 0 Å². The van der Waals surface area contributed by atoms with E-state index in [0.29, 0.717) is 35.2 Å². The van der Waals surface area contributed by atoms with Crippen LogP contribution in [0.2, 0.25) is 0 Å². The third kappa shape index (κ3) is 6.92. The molecule has 0 unspecified atom stereocenters. The van der Waals surface area contributed by atoms with Gasteiger partial charge in [-0.25, -0.2) is 0 Å². The monoisotopic (exact) mass is 542 g/mol. The molecule has 2 atom stereocenters. The summed E-state index contributed by atoms with van der Waals surface area (Å²) in [6.07, 6.45) is 1.71. The summed E-state index contributed by atoms with van der Waals surface area (Å²) in [7, 11) is 1.57. The number of esters is 1. The fourth-order valence-electron chi connectivity index (χ4n) is 4.03. The maximum Gasteiger partial charge on any atom is 0.325 e. The van der Waals surface area contributed by atoms with E-state index in [1.807, 2.05) is 5.38 Å². The molecule has 2 aromatic heterocycles. The number of aromatic nitrogens is 4. The molecule has 1 fully saturated rings. The molecule has 0 saturated carbocycles. The molecule has 12 nitrogen and oxygen atoms in total. The van der Waals surface area contributed by atoms with Crippen LogP contribution in [0.1, 0.15) is 30.7 Å². The normalized spacial score (nSPS) is 15.6. The molecule has 1 saturated heterocycles. The number of hydrogen-bond acceptors (Lipinski definition) is 10. The van der Waals surface area contributed by atoms with Crippen LogP contribution < -0.4 is 10.1 Å². The number of carbonyl (C=O) groups excluding carboxylic acids is 3. The first-order chi connectivity index (χ1) is 18.5. The van der Waals surface area contributed by atoms with Gasteiger partial charge in [0.15, 0.2) is 0 Å². The summed E-state index contributed by atoms with van der Waals surface area (Å²) in [5.41, 5.74) is 0.692. The first-order valence-electron chi connectivity index (χ1n) is 12.3. The highest BCUT2D eigenvalue weighted by Crippen LogP contribution is 2.27. The van der Waals surface area contributed by atoms with Gasteiger partial charge in [-0.15, -0.1) is 21.5 Å². The summed E-state index contributed by atoms with van der Waals surface area (Å²) in [6.45, 7) is 2.05. The van der Waals surface area contributed by atoms with E-state index in [1.54, 1.807) is 50.4 Å². The molecule has 1 N–H and O–H groups in total. The summed E-state index contributed by atoms with van der Waals surface area (Å²) < 4.78 is 15.9. The summed E-state index contributed by atoms with van der Waals surface area (Å²) >= 11 is 1.32. The highest BCUT2D eigenvalue weighted by molar-refractivity contribution is 7.10. The number of benzene rings is 1. The van der Waals surface area contributed by atoms with Crippen molar-refractivity contribution in [2.24, 2.45) is 0 Å². The van der Waals surface area contributed by atoms with Crippen LogP contribution in [0.4, 0.5) is 0 Å². The molecule has 3 aromatic rings. The predicted molar refractivity (Wildman–Crippen MR) is 137 cm³/mol. The number of carbonyl (C=O) groups is 3. The lowest BCUT2D eigenvalue weighted by atomic mass is 10.1. The Labute approximate surface area is 223 Å². The van der Waals surface area contributed by atoms with Gasteiger partial charge in [-0.3, -0.25) is 14.4 Å². The third-order valence-electron chi connectivity index (χ3n) is 5.90. The maximum atomic E-state index is 13.6. The molecule has 3 heterocycles. The van der Waals surface area contributed by atoms with Crippen molar-refractivity contribution in [1.82, 2.24) is 30.4 Å². The topological polar surface area (TPSA) is 138 Å². The lowest BCUT2D eigenvalue weighted by molar-refractivity contribution is -0.153. The molecule has 0 bridgehead atoms. The van der Waals surface area contributed by atoms with Crippen molar-refractivity contribution in [2.45, 2.75) is 38.5 Å². The molecular weight excluding hydrogens is 512 g/mol. The van der Waals surface area contributed by atoms with Gasteiger partial charge in [-0.1, -0.05) is 6.07 Å². The standard InChI is InChI=1S/C25H30N6O6S/c1-3-36-22(33)16-30(23(20-7-5-13-38-20)25(34)26-14-19-6-4-12-37-19)21(32)15-31-28-24(27-29-31)17-8-10-18(35-2)11-9-17/h5,7-11,13,19,23H,3-4,6,12,14-16H2,1-2H3,(H,26,34)/t19-,23+/m1/s1. The lowest BCUT2D eigenvalue weighted by Crippen LogP contribution is -2.48. The van der Waals surface area contributed by atoms with Crippen LogP contribution in [0, 0.1) is 0 Å². The van der Waals surface area contributed by atoms with E-state index in [4.69, 9.17) is 14.2 Å². The summed E-state index contributed by atoms with van der Waals surface area (Å²) in [6, 6.07) is 9.58. The molecule has 0 spiro atoms. The van der Waals surface area contributed by atoms with Crippen LogP contribution in [-0.2, 0) is 30.4 Å². The second-order valence-electron chi connectivity index (χ2n) is 8.50. The zero-order chi connectivity index (χ0) is 26.9. The Hall–Kier alpha value is -3.84. The zero-order valence-electron chi connectivity index (χ0n) is 21.2. The summed E-state index contributed by atoms with van der Waals surface area (Å²) in [4.78, 5) is 42.4. The maximum absolute atomic E-state index is 13.6. The average molecular weight is 543 g/mol. The molecule has 1 aromatic carbocycles. The Balaban J connectivity index is 1.54. The number of tetrazole rings is 1. The van der Waals surface area contributed by atoms with Gasteiger partial charge < -0.3 is 24.4 Å². The highest BCUT2D eigenvalue weighted by Gasteiger charge is 2.35. The van der Waals surface area contributed by atoms with E-state index in [2.05, 4.69) is 20.7 Å². The number of thiophene rings is 1. The number of amides is 2. The largest absolute Gasteiger partial charge is 0.497 e. The van der Waals surface area contributed by atoms with Gasteiger partial charge in [0, 0.05) is 23.6 Å². The van der Waals surface area contributed by atoms with Crippen LogP contribution in [0.15, 0.2) is 41.8 Å². The van der Waals surface area contributed by atoms with E-state index >= 15 is 0 Å². The molecule has 0 radical (unpaired) electrons. The number of hydrogen-bond donors (Lipinski definition) is 1. The van der Waals surface area contributed by atoms with Crippen molar-refractivity contribution in [3.63, 3.8) is 0 Å². The molecule has 1 aliphatic rings. The smallest absolute Gasteiger partial charge is 0.325 e. The lowest BCUT2D eigenvalue weighted by Gasteiger charge is -2.29. The summed E-state index contributed by atoms with van der Waals surface area (Å²) in [5, 5.41) is 17.0. The Morgan fingerprint density at radius 2 is 2.08 bits per heavy atom. The average Bonchev–Trinajstić information content (AvgIpc) is 3.71. The van der Waals surface area contributed by atoms with Crippen LogP contribution in [0.25, 0.3) is 11.4 Å². The van der Waals surface area contributed by atoms with Crippen molar-refractivity contribution in [3.05, 3.63) is 46.7 Å². The minimum Gasteiger partial charge on any atom is -0.497 e. The van der Waals surface area contributed by atoms with E-state index in [1.165, 1.54) is 16.2 Å². The molecular formula is C25H30N6O6S. The van der Waals surface area contributed by atoms with Crippen LogP contribution in [0.5, 0.6) is 5.75 Å². The van der Waals surface area contributed by atoms with Gasteiger partial charge in [0.1, 0.15) is 24.9 Å². The Morgan fingerprint density at radius 1 is 1.26 bits per heavy atom. The molecule has 4 rings (SSSR count). The van der Waals surface area contributed by atoms with Crippen LogP contribution in [-0.4, -0.2) is 82.4 Å². The van der Waals surface area contributed by atoms with Crippen molar-refractivity contribution in [3.8, 4) is 17.1 Å². The van der Waals surface area contributed by atoms with Gasteiger partial charge in [0.2, 0.25) is 17.6 Å². The third-order valence-corrected chi connectivity index (χ3v) is 6.83. The zero-order valence-corrected chi connectivity index (χ0v) is 22.1. The van der Waals surface area contributed by atoms with E-state index in [9.17, 15) is 14.4 Å². The Bertz CT molecular complexity index is 1210. The van der Waals surface area contributed by atoms with Gasteiger partial charge in [0.05, 0.1) is 19.8 Å². The van der Waals surface area contributed by atoms with Crippen LogP contribution in [0.3, 0.4) is 0 Å².